The van der Waals surface area contributed by atoms with Crippen molar-refractivity contribution in [1.29, 1.82) is 0 Å². The Morgan fingerprint density at radius 2 is 1.64 bits per heavy atom. The number of ether oxygens (including phenoxy) is 2. The van der Waals surface area contributed by atoms with Crippen LogP contribution < -0.4 is 14.8 Å². The van der Waals surface area contributed by atoms with Crippen LogP contribution in [0.25, 0.3) is 0 Å². The summed E-state index contributed by atoms with van der Waals surface area (Å²) in [6, 6.07) is 23.0. The second-order valence-corrected chi connectivity index (χ2v) is 9.50. The van der Waals surface area contributed by atoms with Gasteiger partial charge in [0.15, 0.2) is 11.5 Å². The van der Waals surface area contributed by atoms with Crippen LogP contribution in [0.15, 0.2) is 72.8 Å². The van der Waals surface area contributed by atoms with Gasteiger partial charge in [-0.3, -0.25) is 9.59 Å². The lowest BCUT2D eigenvalue weighted by atomic mass is 10.00. The van der Waals surface area contributed by atoms with E-state index in [2.05, 4.69) is 5.32 Å². The lowest BCUT2D eigenvalue weighted by molar-refractivity contribution is -0.141. The SMILES string of the molecule is Cc1ccccc1CN(C(=O)CCc1ccc2c(c1)OCO2)[C@@H](Cc1ccccc1)C(=O)NC(C)C. The van der Waals surface area contributed by atoms with Gasteiger partial charge in [0.05, 0.1) is 0 Å². The normalized spacial score (nSPS) is 12.9. The molecule has 1 N–H and O–H groups in total. The van der Waals surface area contributed by atoms with E-state index in [9.17, 15) is 9.59 Å². The number of aryl methyl sites for hydroxylation is 2. The predicted octanol–water partition coefficient (Wildman–Crippen LogP) is 4.82. The number of carbonyl (C=O) groups excluding carboxylic acids is 2. The number of hydrogen-bond donors (Lipinski definition) is 1. The van der Waals surface area contributed by atoms with Crippen molar-refractivity contribution in [2.24, 2.45) is 0 Å². The molecule has 0 fully saturated rings. The molecule has 6 heteroatoms. The number of benzene rings is 3. The standard InChI is InChI=1S/C30H34N2O4/c1-21(2)31-30(34)26(17-23-10-5-4-6-11-23)32(19-25-12-8-7-9-22(25)3)29(33)16-14-24-13-15-27-28(18-24)36-20-35-27/h4-13,15,18,21,26H,14,16-17,19-20H2,1-3H3,(H,31,34)/t26-/m0/s1. The lowest BCUT2D eigenvalue weighted by Gasteiger charge is -2.32. The van der Waals surface area contributed by atoms with Crippen LogP contribution in [0.4, 0.5) is 0 Å². The van der Waals surface area contributed by atoms with Crippen molar-refractivity contribution in [3.8, 4) is 11.5 Å². The summed E-state index contributed by atoms with van der Waals surface area (Å²) in [5.74, 6) is 1.23. The average molecular weight is 487 g/mol. The molecule has 0 bridgehead atoms. The predicted molar refractivity (Wildman–Crippen MR) is 140 cm³/mol. The summed E-state index contributed by atoms with van der Waals surface area (Å²) >= 11 is 0. The summed E-state index contributed by atoms with van der Waals surface area (Å²) in [5, 5.41) is 3.04. The fourth-order valence-electron chi connectivity index (χ4n) is 4.40. The van der Waals surface area contributed by atoms with E-state index in [1.165, 1.54) is 0 Å². The first-order valence-electron chi connectivity index (χ1n) is 12.5. The smallest absolute Gasteiger partial charge is 0.243 e. The molecule has 0 unspecified atom stereocenters. The Balaban J connectivity index is 1.60. The molecular weight excluding hydrogens is 452 g/mol. The Labute approximate surface area is 213 Å². The molecule has 0 radical (unpaired) electrons. The van der Waals surface area contributed by atoms with Gasteiger partial charge < -0.3 is 19.7 Å². The monoisotopic (exact) mass is 486 g/mol. The Hall–Kier alpha value is -3.80. The number of nitrogens with one attached hydrogen (secondary N) is 1. The van der Waals surface area contributed by atoms with Gasteiger partial charge in [-0.05, 0) is 61.6 Å². The second kappa shape index (κ2) is 11.8. The number of amides is 2. The third-order valence-corrected chi connectivity index (χ3v) is 6.37. The Bertz CT molecular complexity index is 1190. The summed E-state index contributed by atoms with van der Waals surface area (Å²) in [7, 11) is 0. The highest BCUT2D eigenvalue weighted by molar-refractivity contribution is 5.88. The molecule has 0 aromatic heterocycles. The summed E-state index contributed by atoms with van der Waals surface area (Å²) in [5.41, 5.74) is 4.13. The van der Waals surface area contributed by atoms with Crippen LogP contribution in [-0.4, -0.2) is 35.6 Å². The molecule has 36 heavy (non-hydrogen) atoms. The van der Waals surface area contributed by atoms with E-state index in [4.69, 9.17) is 9.47 Å². The van der Waals surface area contributed by atoms with Crippen molar-refractivity contribution in [3.63, 3.8) is 0 Å². The summed E-state index contributed by atoms with van der Waals surface area (Å²) < 4.78 is 10.9. The zero-order chi connectivity index (χ0) is 25.5. The number of hydrogen-bond acceptors (Lipinski definition) is 4. The van der Waals surface area contributed by atoms with Crippen LogP contribution in [0, 0.1) is 6.92 Å². The van der Waals surface area contributed by atoms with Crippen LogP contribution in [0.5, 0.6) is 11.5 Å². The zero-order valence-corrected chi connectivity index (χ0v) is 21.2. The fraction of sp³-hybridized carbons (Fsp3) is 0.333. The highest BCUT2D eigenvalue weighted by Crippen LogP contribution is 2.33. The van der Waals surface area contributed by atoms with Crippen LogP contribution in [-0.2, 0) is 29.0 Å². The minimum atomic E-state index is -0.626. The van der Waals surface area contributed by atoms with Crippen LogP contribution in [0.3, 0.4) is 0 Å². The van der Waals surface area contributed by atoms with Crippen molar-refractivity contribution in [1.82, 2.24) is 10.2 Å². The molecule has 1 heterocycles. The fourth-order valence-corrected chi connectivity index (χ4v) is 4.40. The number of nitrogens with zero attached hydrogens (tertiary/aromatic N) is 1. The largest absolute Gasteiger partial charge is 0.454 e. The lowest BCUT2D eigenvalue weighted by Crippen LogP contribution is -2.51. The number of fused-ring (bicyclic) bond motifs is 1. The maximum Gasteiger partial charge on any atom is 0.243 e. The van der Waals surface area contributed by atoms with Gasteiger partial charge in [-0.2, -0.15) is 0 Å². The van der Waals surface area contributed by atoms with Gasteiger partial charge in [-0.1, -0.05) is 60.7 Å². The van der Waals surface area contributed by atoms with Crippen molar-refractivity contribution >= 4 is 11.8 Å². The van der Waals surface area contributed by atoms with E-state index in [0.29, 0.717) is 25.1 Å². The van der Waals surface area contributed by atoms with Crippen molar-refractivity contribution in [2.45, 2.75) is 58.7 Å². The Kier molecular flexibility index (Phi) is 8.26. The molecule has 0 aliphatic carbocycles. The quantitative estimate of drug-likeness (QED) is 0.446. The first kappa shape index (κ1) is 25.3. The number of rotatable bonds is 10. The summed E-state index contributed by atoms with van der Waals surface area (Å²) in [6.45, 7) is 6.49. The maximum atomic E-state index is 13.8. The van der Waals surface area contributed by atoms with Gasteiger partial charge in [0.25, 0.3) is 0 Å². The molecule has 188 valence electrons. The molecule has 0 saturated heterocycles. The molecule has 6 nitrogen and oxygen atoms in total. The number of carbonyl (C=O) groups is 2. The molecule has 3 aromatic rings. The first-order valence-corrected chi connectivity index (χ1v) is 12.5. The van der Waals surface area contributed by atoms with E-state index in [0.717, 1.165) is 28.0 Å². The van der Waals surface area contributed by atoms with E-state index in [1.807, 2.05) is 93.6 Å². The van der Waals surface area contributed by atoms with Crippen molar-refractivity contribution in [3.05, 3.63) is 95.1 Å². The third-order valence-electron chi connectivity index (χ3n) is 6.37. The minimum Gasteiger partial charge on any atom is -0.454 e. The topological polar surface area (TPSA) is 67.9 Å². The van der Waals surface area contributed by atoms with Crippen LogP contribution >= 0.6 is 0 Å². The van der Waals surface area contributed by atoms with E-state index in [1.54, 1.807) is 4.90 Å². The summed E-state index contributed by atoms with van der Waals surface area (Å²) in [6.07, 6.45) is 1.27. The van der Waals surface area contributed by atoms with Crippen LogP contribution in [0.1, 0.15) is 42.5 Å². The molecule has 0 spiro atoms. The van der Waals surface area contributed by atoms with E-state index >= 15 is 0 Å². The molecule has 4 rings (SSSR count). The maximum absolute atomic E-state index is 13.8. The van der Waals surface area contributed by atoms with E-state index in [-0.39, 0.29) is 31.1 Å². The molecule has 1 aliphatic rings. The first-order chi connectivity index (χ1) is 17.4. The van der Waals surface area contributed by atoms with Crippen molar-refractivity contribution in [2.75, 3.05) is 6.79 Å². The molecule has 2 amide bonds. The van der Waals surface area contributed by atoms with E-state index < -0.39 is 6.04 Å². The van der Waals surface area contributed by atoms with Gasteiger partial charge in [0.1, 0.15) is 6.04 Å². The molecule has 1 aliphatic heterocycles. The van der Waals surface area contributed by atoms with Crippen LogP contribution in [0.2, 0.25) is 0 Å². The van der Waals surface area contributed by atoms with Crippen molar-refractivity contribution < 1.29 is 19.1 Å². The molecular formula is C30H34N2O4. The van der Waals surface area contributed by atoms with Gasteiger partial charge >= 0.3 is 0 Å². The molecule has 0 saturated carbocycles. The Morgan fingerprint density at radius 3 is 2.39 bits per heavy atom. The summed E-state index contributed by atoms with van der Waals surface area (Å²) in [4.78, 5) is 29.0. The minimum absolute atomic E-state index is 0.0279. The van der Waals surface area contributed by atoms with Gasteiger partial charge in [0, 0.05) is 25.4 Å². The highest BCUT2D eigenvalue weighted by atomic mass is 16.7. The Morgan fingerprint density at radius 1 is 0.917 bits per heavy atom. The van der Waals surface area contributed by atoms with Gasteiger partial charge in [-0.15, -0.1) is 0 Å². The average Bonchev–Trinajstić information content (AvgIpc) is 3.34. The highest BCUT2D eigenvalue weighted by Gasteiger charge is 2.31. The second-order valence-electron chi connectivity index (χ2n) is 9.50. The van der Waals surface area contributed by atoms with Gasteiger partial charge in [0.2, 0.25) is 18.6 Å². The van der Waals surface area contributed by atoms with Gasteiger partial charge in [-0.25, -0.2) is 0 Å². The third kappa shape index (κ3) is 6.45. The molecule has 1 atom stereocenters. The molecule has 3 aromatic carbocycles. The zero-order valence-electron chi connectivity index (χ0n) is 21.2.